The lowest BCUT2D eigenvalue weighted by Gasteiger charge is -2.25. The summed E-state index contributed by atoms with van der Waals surface area (Å²) >= 11 is 0. The van der Waals surface area contributed by atoms with Crippen LogP contribution < -0.4 is 5.32 Å². The highest BCUT2D eigenvalue weighted by atomic mass is 31.2. The average molecular weight is 870 g/mol. The zero-order valence-corrected chi connectivity index (χ0v) is 41.4. The third-order valence-corrected chi connectivity index (χ3v) is 12.6. The molecule has 8 nitrogen and oxygen atoms in total. The fraction of sp³-hybridized carbons (Fsp3) is 0.902. The minimum Gasteiger partial charge on any atom is -0.387 e. The van der Waals surface area contributed by atoms with E-state index in [1.54, 1.807) is 6.08 Å². The fourth-order valence-corrected chi connectivity index (χ4v) is 8.30. The Kier molecular flexibility index (Phi) is 42.5. The number of nitrogens with zero attached hydrogens (tertiary/aromatic N) is 1. The van der Waals surface area contributed by atoms with Crippen LogP contribution in [-0.2, 0) is 18.4 Å². The van der Waals surface area contributed by atoms with Gasteiger partial charge in [0, 0.05) is 6.42 Å². The molecule has 3 N–H and O–H groups in total. The lowest BCUT2D eigenvalue weighted by Crippen LogP contribution is -2.45. The molecule has 1 amide bonds. The number of likely N-dealkylation sites (N-methyl/N-ethyl adjacent to an activating group) is 1. The summed E-state index contributed by atoms with van der Waals surface area (Å²) in [4.78, 5) is 23.2. The Morgan fingerprint density at radius 2 is 0.900 bits per heavy atom. The maximum Gasteiger partial charge on any atom is 0.472 e. The van der Waals surface area contributed by atoms with Gasteiger partial charge in [-0.15, -0.1) is 0 Å². The predicted molar refractivity (Wildman–Crippen MR) is 258 cm³/mol. The number of carbonyl (C=O) groups excluding carboxylic acids is 1. The van der Waals surface area contributed by atoms with E-state index in [1.807, 2.05) is 27.2 Å². The van der Waals surface area contributed by atoms with Crippen molar-refractivity contribution in [3.63, 3.8) is 0 Å². The van der Waals surface area contributed by atoms with Crippen LogP contribution in [0.2, 0.25) is 0 Å². The second-order valence-electron chi connectivity index (χ2n) is 18.9. The van der Waals surface area contributed by atoms with Crippen LogP contribution in [0.4, 0.5) is 0 Å². The molecule has 0 aliphatic carbocycles. The summed E-state index contributed by atoms with van der Waals surface area (Å²) in [5, 5.41) is 13.9. The van der Waals surface area contributed by atoms with Gasteiger partial charge in [-0.25, -0.2) is 4.57 Å². The second-order valence-corrected chi connectivity index (χ2v) is 20.4. The number of aliphatic hydroxyl groups excluding tert-OH is 1. The fourth-order valence-electron chi connectivity index (χ4n) is 7.57. The van der Waals surface area contributed by atoms with Crippen molar-refractivity contribution in [3.05, 3.63) is 24.3 Å². The molecule has 356 valence electrons. The first-order valence-corrected chi connectivity index (χ1v) is 27.2. The van der Waals surface area contributed by atoms with Crippen LogP contribution in [0.15, 0.2) is 24.3 Å². The number of hydrogen-bond acceptors (Lipinski definition) is 5. The number of carbonyl (C=O) groups is 1. The standard InChI is InChI=1S/C51H101N2O6P/c1-6-8-10-12-14-16-18-20-22-23-24-25-26-27-28-29-31-33-35-37-39-41-43-45-51(55)52-49(48-59-60(56,57)58-47-46-53(3,4)5)50(54)44-42-40-38-36-34-32-30-21-19-17-15-13-11-9-7-2/h20,22,42,44,49-50,54H,6-19,21,23-41,43,45-48H2,1-5H3,(H-,52,55,56,57)/p+1/b22-20+,44-42+/t49-,50+/m0/s1. The van der Waals surface area contributed by atoms with E-state index in [-0.39, 0.29) is 19.1 Å². The Bertz CT molecular complexity index is 1030. The Hall–Kier alpha value is -1.02. The number of phosphoric acid groups is 1. The van der Waals surface area contributed by atoms with Crippen molar-refractivity contribution in [2.45, 2.75) is 257 Å². The first-order chi connectivity index (χ1) is 29.0. The van der Waals surface area contributed by atoms with Crippen molar-refractivity contribution in [2.24, 2.45) is 0 Å². The number of phosphoric ester groups is 1. The number of hydrogen-bond donors (Lipinski definition) is 3. The van der Waals surface area contributed by atoms with Crippen molar-refractivity contribution >= 4 is 13.7 Å². The van der Waals surface area contributed by atoms with Gasteiger partial charge in [0.2, 0.25) is 5.91 Å². The molecule has 3 atom stereocenters. The van der Waals surface area contributed by atoms with Crippen LogP contribution in [0.3, 0.4) is 0 Å². The highest BCUT2D eigenvalue weighted by Gasteiger charge is 2.27. The van der Waals surface area contributed by atoms with Crippen LogP contribution in [0.1, 0.15) is 245 Å². The predicted octanol–water partition coefficient (Wildman–Crippen LogP) is 14.9. The molecule has 0 aromatic rings. The molecule has 0 aromatic heterocycles. The molecule has 0 heterocycles. The molecule has 0 radical (unpaired) electrons. The lowest BCUT2D eigenvalue weighted by molar-refractivity contribution is -0.870. The van der Waals surface area contributed by atoms with Gasteiger partial charge in [-0.1, -0.05) is 218 Å². The Morgan fingerprint density at radius 1 is 0.550 bits per heavy atom. The van der Waals surface area contributed by atoms with Crippen molar-refractivity contribution in [1.82, 2.24) is 5.32 Å². The van der Waals surface area contributed by atoms with Gasteiger partial charge >= 0.3 is 7.82 Å². The summed E-state index contributed by atoms with van der Waals surface area (Å²) in [5.74, 6) is -0.175. The molecule has 60 heavy (non-hydrogen) atoms. The molecule has 9 heteroatoms. The molecule has 1 unspecified atom stereocenters. The summed E-state index contributed by atoms with van der Waals surface area (Å²) < 4.78 is 23.6. The normalized spacial score (nSPS) is 14.3. The van der Waals surface area contributed by atoms with Crippen molar-refractivity contribution in [2.75, 3.05) is 40.9 Å². The minimum absolute atomic E-state index is 0.0632. The number of rotatable bonds is 47. The minimum atomic E-state index is -4.34. The van der Waals surface area contributed by atoms with E-state index in [0.717, 1.165) is 38.5 Å². The second kappa shape index (κ2) is 43.2. The Balaban J connectivity index is 4.24. The molecule has 0 rings (SSSR count). The van der Waals surface area contributed by atoms with E-state index in [0.29, 0.717) is 17.4 Å². The summed E-state index contributed by atoms with van der Waals surface area (Å²) in [5.41, 5.74) is 0. The zero-order valence-electron chi connectivity index (χ0n) is 40.5. The van der Waals surface area contributed by atoms with E-state index in [4.69, 9.17) is 9.05 Å². The average Bonchev–Trinajstić information content (AvgIpc) is 3.20. The topological polar surface area (TPSA) is 105 Å². The van der Waals surface area contributed by atoms with E-state index >= 15 is 0 Å². The molecular weight excluding hydrogens is 768 g/mol. The van der Waals surface area contributed by atoms with Crippen molar-refractivity contribution < 1.29 is 32.9 Å². The van der Waals surface area contributed by atoms with Crippen LogP contribution in [0.5, 0.6) is 0 Å². The molecule has 0 aliphatic rings. The number of nitrogens with one attached hydrogen (secondary N) is 1. The molecule has 0 saturated heterocycles. The number of quaternary nitrogens is 1. The molecule has 0 bridgehead atoms. The molecule has 0 spiro atoms. The molecule has 0 saturated carbocycles. The zero-order chi connectivity index (χ0) is 44.3. The number of amides is 1. The van der Waals surface area contributed by atoms with Crippen molar-refractivity contribution in [3.8, 4) is 0 Å². The van der Waals surface area contributed by atoms with Crippen LogP contribution in [-0.4, -0.2) is 73.4 Å². The number of aliphatic hydroxyl groups is 1. The van der Waals surface area contributed by atoms with Crippen molar-refractivity contribution in [1.29, 1.82) is 0 Å². The van der Waals surface area contributed by atoms with E-state index in [1.165, 1.54) is 186 Å². The Morgan fingerprint density at radius 3 is 1.28 bits per heavy atom. The van der Waals surface area contributed by atoms with Gasteiger partial charge in [-0.3, -0.25) is 13.8 Å². The third kappa shape index (κ3) is 45.0. The summed E-state index contributed by atoms with van der Waals surface area (Å²) in [6.07, 6.45) is 52.5. The molecule has 0 fully saturated rings. The number of unbranched alkanes of at least 4 members (excludes halogenated alkanes) is 32. The highest BCUT2D eigenvalue weighted by Crippen LogP contribution is 2.43. The SMILES string of the molecule is CCCCCCCC/C=C/CCCCCCCCCCCCCCCC(=O)N[C@@H](COP(=O)(O)OCC[N+](C)(C)C)[C@H](O)/C=C/CCCCCCCCCCCCCCC. The first-order valence-electron chi connectivity index (χ1n) is 25.7. The van der Waals surface area contributed by atoms with Gasteiger partial charge in [0.1, 0.15) is 13.2 Å². The van der Waals surface area contributed by atoms with Crippen LogP contribution in [0, 0.1) is 0 Å². The maximum atomic E-state index is 12.9. The maximum absolute atomic E-state index is 12.9. The molecule has 0 aliphatic heterocycles. The smallest absolute Gasteiger partial charge is 0.387 e. The van der Waals surface area contributed by atoms with Crippen LogP contribution in [0.25, 0.3) is 0 Å². The molecule has 0 aromatic carbocycles. The van der Waals surface area contributed by atoms with E-state index in [2.05, 4.69) is 31.3 Å². The molecular formula is C51H102N2O6P+. The highest BCUT2D eigenvalue weighted by molar-refractivity contribution is 7.47. The van der Waals surface area contributed by atoms with Gasteiger partial charge in [0.15, 0.2) is 0 Å². The number of allylic oxidation sites excluding steroid dienone is 3. The van der Waals surface area contributed by atoms with Gasteiger partial charge in [-0.2, -0.15) is 0 Å². The summed E-state index contributed by atoms with van der Waals surface area (Å²) in [6.45, 7) is 4.83. The summed E-state index contributed by atoms with van der Waals surface area (Å²) in [7, 11) is 1.58. The van der Waals surface area contributed by atoms with Gasteiger partial charge in [-0.05, 0) is 44.9 Å². The Labute approximate surface area is 373 Å². The quantitative estimate of drug-likeness (QED) is 0.0243. The monoisotopic (exact) mass is 870 g/mol. The van der Waals surface area contributed by atoms with Gasteiger partial charge in [0.05, 0.1) is 39.9 Å². The third-order valence-electron chi connectivity index (χ3n) is 11.7. The van der Waals surface area contributed by atoms with E-state index < -0.39 is 20.0 Å². The van der Waals surface area contributed by atoms with E-state index in [9.17, 15) is 19.4 Å². The first kappa shape index (κ1) is 59.0. The van der Waals surface area contributed by atoms with Gasteiger partial charge in [0.25, 0.3) is 0 Å². The van der Waals surface area contributed by atoms with Crippen LogP contribution >= 0.6 is 7.82 Å². The van der Waals surface area contributed by atoms with Gasteiger partial charge < -0.3 is 19.8 Å². The largest absolute Gasteiger partial charge is 0.472 e. The lowest BCUT2D eigenvalue weighted by atomic mass is 10.0. The summed E-state index contributed by atoms with van der Waals surface area (Å²) in [6, 6.07) is -0.843.